The SMILES string of the molecule is COc1cc2nccc(Nc3ccc(Oc4ccc5ccccc5c4)cc3)c2cc1OC. The molecule has 0 aliphatic carbocycles. The van der Waals surface area contributed by atoms with Crippen molar-refractivity contribution in [3.05, 3.63) is 91.1 Å². The second kappa shape index (κ2) is 8.47. The average Bonchev–Trinajstić information content (AvgIpc) is 2.84. The van der Waals surface area contributed by atoms with Crippen LogP contribution in [0, 0.1) is 0 Å². The number of ether oxygens (including phenoxy) is 3. The van der Waals surface area contributed by atoms with Gasteiger partial charge in [-0.1, -0.05) is 30.3 Å². The van der Waals surface area contributed by atoms with Crippen LogP contribution < -0.4 is 19.5 Å². The molecule has 0 saturated carbocycles. The molecule has 0 unspecified atom stereocenters. The van der Waals surface area contributed by atoms with E-state index in [0.717, 1.165) is 39.2 Å². The highest BCUT2D eigenvalue weighted by Gasteiger charge is 2.10. The molecule has 1 heterocycles. The predicted octanol–water partition coefficient (Wildman–Crippen LogP) is 6.94. The first-order chi connectivity index (χ1) is 15.7. The maximum atomic E-state index is 6.05. The van der Waals surface area contributed by atoms with E-state index in [2.05, 4.69) is 28.5 Å². The Morgan fingerprint density at radius 2 is 1.41 bits per heavy atom. The fourth-order valence-electron chi connectivity index (χ4n) is 3.71. The number of rotatable bonds is 6. The largest absolute Gasteiger partial charge is 0.493 e. The van der Waals surface area contributed by atoms with E-state index in [1.54, 1.807) is 20.4 Å². The van der Waals surface area contributed by atoms with Crippen LogP contribution in [0.1, 0.15) is 0 Å². The molecule has 0 atom stereocenters. The van der Waals surface area contributed by atoms with E-state index in [-0.39, 0.29) is 0 Å². The van der Waals surface area contributed by atoms with Gasteiger partial charge in [-0.25, -0.2) is 0 Å². The van der Waals surface area contributed by atoms with Crippen LogP contribution in [0.4, 0.5) is 11.4 Å². The summed E-state index contributed by atoms with van der Waals surface area (Å²) >= 11 is 0. The van der Waals surface area contributed by atoms with Crippen LogP contribution >= 0.6 is 0 Å². The van der Waals surface area contributed by atoms with Crippen LogP contribution in [0.2, 0.25) is 0 Å². The van der Waals surface area contributed by atoms with Gasteiger partial charge in [0.15, 0.2) is 11.5 Å². The number of aromatic nitrogens is 1. The zero-order valence-corrected chi connectivity index (χ0v) is 17.8. The van der Waals surface area contributed by atoms with Crippen molar-refractivity contribution in [3.8, 4) is 23.0 Å². The van der Waals surface area contributed by atoms with Gasteiger partial charge in [-0.2, -0.15) is 0 Å². The first kappa shape index (κ1) is 19.7. The summed E-state index contributed by atoms with van der Waals surface area (Å²) in [7, 11) is 3.24. The number of pyridine rings is 1. The molecule has 5 heteroatoms. The Bertz CT molecular complexity index is 1400. The summed E-state index contributed by atoms with van der Waals surface area (Å²) in [5, 5.41) is 6.75. The van der Waals surface area contributed by atoms with Crippen molar-refractivity contribution < 1.29 is 14.2 Å². The third-order valence-corrected chi connectivity index (χ3v) is 5.34. The summed E-state index contributed by atoms with van der Waals surface area (Å²) in [6, 6.07) is 28.0. The molecule has 5 aromatic rings. The number of methoxy groups -OCH3 is 2. The Hall–Kier alpha value is -4.25. The first-order valence-electron chi connectivity index (χ1n) is 10.3. The van der Waals surface area contributed by atoms with Gasteiger partial charge in [0.05, 0.1) is 19.7 Å². The van der Waals surface area contributed by atoms with Gasteiger partial charge in [0.2, 0.25) is 0 Å². The summed E-state index contributed by atoms with van der Waals surface area (Å²) in [6.45, 7) is 0. The molecule has 1 aromatic heterocycles. The van der Waals surface area contributed by atoms with Gasteiger partial charge in [-0.15, -0.1) is 0 Å². The maximum absolute atomic E-state index is 6.05. The van der Waals surface area contributed by atoms with Crippen LogP contribution in [0.3, 0.4) is 0 Å². The number of hydrogen-bond donors (Lipinski definition) is 1. The molecule has 1 N–H and O–H groups in total. The number of nitrogens with one attached hydrogen (secondary N) is 1. The molecular formula is C27H22N2O3. The number of nitrogens with zero attached hydrogens (tertiary/aromatic N) is 1. The molecule has 32 heavy (non-hydrogen) atoms. The van der Waals surface area contributed by atoms with Crippen molar-refractivity contribution in [1.29, 1.82) is 0 Å². The van der Waals surface area contributed by atoms with Gasteiger partial charge in [-0.05, 0) is 59.3 Å². The quantitative estimate of drug-likeness (QED) is 0.321. The van der Waals surface area contributed by atoms with Crippen LogP contribution in [-0.4, -0.2) is 19.2 Å². The lowest BCUT2D eigenvalue weighted by Crippen LogP contribution is -1.95. The molecule has 0 spiro atoms. The summed E-state index contributed by atoms with van der Waals surface area (Å²) < 4.78 is 16.9. The Labute approximate surface area is 186 Å². The fraction of sp³-hybridized carbons (Fsp3) is 0.0741. The van der Waals surface area contributed by atoms with E-state index >= 15 is 0 Å². The van der Waals surface area contributed by atoms with Crippen molar-refractivity contribution in [2.24, 2.45) is 0 Å². The lowest BCUT2D eigenvalue weighted by Gasteiger charge is -2.13. The van der Waals surface area contributed by atoms with E-state index in [9.17, 15) is 0 Å². The van der Waals surface area contributed by atoms with Crippen molar-refractivity contribution in [1.82, 2.24) is 4.98 Å². The monoisotopic (exact) mass is 422 g/mol. The Balaban J connectivity index is 1.38. The smallest absolute Gasteiger partial charge is 0.162 e. The molecule has 0 bridgehead atoms. The molecule has 0 saturated heterocycles. The highest BCUT2D eigenvalue weighted by Crippen LogP contribution is 2.35. The van der Waals surface area contributed by atoms with Crippen molar-refractivity contribution in [2.45, 2.75) is 0 Å². The van der Waals surface area contributed by atoms with Crippen molar-refractivity contribution in [3.63, 3.8) is 0 Å². The van der Waals surface area contributed by atoms with Gasteiger partial charge in [0.1, 0.15) is 11.5 Å². The molecule has 5 nitrogen and oxygen atoms in total. The average molecular weight is 422 g/mol. The molecule has 0 amide bonds. The summed E-state index contributed by atoms with van der Waals surface area (Å²) in [6.07, 6.45) is 1.77. The number of fused-ring (bicyclic) bond motifs is 2. The van der Waals surface area contributed by atoms with Gasteiger partial charge >= 0.3 is 0 Å². The Morgan fingerprint density at radius 1 is 0.688 bits per heavy atom. The summed E-state index contributed by atoms with van der Waals surface area (Å²) in [5.74, 6) is 2.90. The van der Waals surface area contributed by atoms with E-state index in [4.69, 9.17) is 14.2 Å². The van der Waals surface area contributed by atoms with Gasteiger partial charge in [0, 0.05) is 29.0 Å². The molecule has 0 aliphatic rings. The van der Waals surface area contributed by atoms with E-state index in [1.807, 2.05) is 66.7 Å². The first-order valence-corrected chi connectivity index (χ1v) is 10.3. The third kappa shape index (κ3) is 3.88. The Kier molecular flexibility index (Phi) is 5.22. The molecular weight excluding hydrogens is 400 g/mol. The van der Waals surface area contributed by atoms with E-state index in [1.165, 1.54) is 5.39 Å². The zero-order chi connectivity index (χ0) is 21.9. The highest BCUT2D eigenvalue weighted by atomic mass is 16.5. The third-order valence-electron chi connectivity index (χ3n) is 5.34. The lowest BCUT2D eigenvalue weighted by atomic mass is 10.1. The van der Waals surface area contributed by atoms with Gasteiger partial charge in [-0.3, -0.25) is 4.98 Å². The number of anilines is 2. The van der Waals surface area contributed by atoms with Crippen molar-refractivity contribution in [2.75, 3.05) is 19.5 Å². The van der Waals surface area contributed by atoms with Gasteiger partial charge in [0.25, 0.3) is 0 Å². The minimum absolute atomic E-state index is 0.653. The number of benzene rings is 4. The maximum Gasteiger partial charge on any atom is 0.162 e. The van der Waals surface area contributed by atoms with E-state index in [0.29, 0.717) is 11.5 Å². The molecule has 0 radical (unpaired) electrons. The van der Waals surface area contributed by atoms with Gasteiger partial charge < -0.3 is 19.5 Å². The number of hydrogen-bond acceptors (Lipinski definition) is 5. The highest BCUT2D eigenvalue weighted by molar-refractivity contribution is 5.95. The molecule has 4 aromatic carbocycles. The standard InChI is InChI=1S/C27H22N2O3/c1-30-26-16-23-24(13-14-28-25(23)17-27(26)31-2)29-20-8-11-21(12-9-20)32-22-10-7-18-5-3-4-6-19(18)15-22/h3-17H,1-2H3,(H,28,29). The minimum atomic E-state index is 0.653. The molecule has 158 valence electrons. The van der Waals surface area contributed by atoms with Crippen LogP contribution in [-0.2, 0) is 0 Å². The van der Waals surface area contributed by atoms with Crippen molar-refractivity contribution >= 4 is 33.1 Å². The normalized spacial score (nSPS) is 10.8. The van der Waals surface area contributed by atoms with Crippen LogP contribution in [0.25, 0.3) is 21.7 Å². The topological polar surface area (TPSA) is 52.6 Å². The molecule has 5 rings (SSSR count). The minimum Gasteiger partial charge on any atom is -0.493 e. The summed E-state index contributed by atoms with van der Waals surface area (Å²) in [4.78, 5) is 4.45. The van der Waals surface area contributed by atoms with Crippen LogP contribution in [0.5, 0.6) is 23.0 Å². The zero-order valence-electron chi connectivity index (χ0n) is 17.8. The Morgan fingerprint density at radius 3 is 2.19 bits per heavy atom. The fourth-order valence-corrected chi connectivity index (χ4v) is 3.71. The summed E-state index contributed by atoms with van der Waals surface area (Å²) in [5.41, 5.74) is 2.70. The molecule has 0 aliphatic heterocycles. The predicted molar refractivity (Wildman–Crippen MR) is 129 cm³/mol. The van der Waals surface area contributed by atoms with E-state index < -0.39 is 0 Å². The second-order valence-corrected chi connectivity index (χ2v) is 7.34. The lowest BCUT2D eigenvalue weighted by molar-refractivity contribution is 0.356. The van der Waals surface area contributed by atoms with Crippen LogP contribution in [0.15, 0.2) is 91.1 Å². The second-order valence-electron chi connectivity index (χ2n) is 7.34. The molecule has 0 fully saturated rings.